The zero-order valence-electron chi connectivity index (χ0n) is 9.56. The predicted octanol–water partition coefficient (Wildman–Crippen LogP) is 3.20. The summed E-state index contributed by atoms with van der Waals surface area (Å²) in [6.45, 7) is 12.5. The minimum atomic E-state index is 0.139. The van der Waals surface area contributed by atoms with Crippen molar-refractivity contribution in [3.8, 4) is 0 Å². The van der Waals surface area contributed by atoms with Gasteiger partial charge in [0.15, 0.2) is 0 Å². The van der Waals surface area contributed by atoms with E-state index >= 15 is 0 Å². The van der Waals surface area contributed by atoms with Crippen LogP contribution in [0.1, 0.15) is 41.5 Å². The Bertz CT molecular complexity index is 265. The van der Waals surface area contributed by atoms with Gasteiger partial charge in [-0.3, -0.25) is 4.79 Å². The van der Waals surface area contributed by atoms with E-state index in [4.69, 9.17) is 0 Å². The predicted molar refractivity (Wildman–Crippen MR) is 55.5 cm³/mol. The Morgan fingerprint density at radius 2 is 1.77 bits per heavy atom. The molecule has 0 heterocycles. The molecule has 1 heteroatoms. The lowest BCUT2D eigenvalue weighted by molar-refractivity contribution is -0.123. The number of allylic oxidation sites excluding steroid dienone is 2. The molecule has 1 nitrogen and oxygen atoms in total. The summed E-state index contributed by atoms with van der Waals surface area (Å²) in [5.41, 5.74) is 2.83. The van der Waals surface area contributed by atoms with Crippen LogP contribution in [0.4, 0.5) is 0 Å². The van der Waals surface area contributed by atoms with E-state index in [0.717, 1.165) is 0 Å². The van der Waals surface area contributed by atoms with Crippen LogP contribution >= 0.6 is 0 Å². The molecule has 0 bridgehead atoms. The van der Waals surface area contributed by atoms with Gasteiger partial charge in [-0.25, -0.2) is 0 Å². The average molecular weight is 180 g/mol. The SMILES string of the molecule is CC(C)=C1C(C(=O)C(C)C)C1(C)C. The third-order valence-corrected chi connectivity index (χ3v) is 3.01. The second-order valence-electron chi connectivity index (χ2n) is 5.13. The van der Waals surface area contributed by atoms with E-state index in [1.807, 2.05) is 13.8 Å². The van der Waals surface area contributed by atoms with Crippen molar-refractivity contribution >= 4 is 5.78 Å². The van der Waals surface area contributed by atoms with Gasteiger partial charge in [0.1, 0.15) is 5.78 Å². The molecule has 0 amide bonds. The van der Waals surface area contributed by atoms with E-state index in [1.54, 1.807) is 0 Å². The molecule has 0 spiro atoms. The number of hydrogen-bond donors (Lipinski definition) is 0. The fraction of sp³-hybridized carbons (Fsp3) is 0.750. The molecule has 1 unspecified atom stereocenters. The van der Waals surface area contributed by atoms with Gasteiger partial charge in [-0.15, -0.1) is 0 Å². The van der Waals surface area contributed by atoms with Crippen LogP contribution in [0.15, 0.2) is 11.1 Å². The quantitative estimate of drug-likeness (QED) is 0.596. The highest BCUT2D eigenvalue weighted by atomic mass is 16.1. The van der Waals surface area contributed by atoms with E-state index in [9.17, 15) is 4.79 Å². The van der Waals surface area contributed by atoms with Gasteiger partial charge in [0.2, 0.25) is 0 Å². The molecule has 0 saturated heterocycles. The van der Waals surface area contributed by atoms with Gasteiger partial charge in [-0.2, -0.15) is 0 Å². The maximum Gasteiger partial charge on any atom is 0.143 e. The molecule has 0 N–H and O–H groups in total. The number of hydrogen-bond acceptors (Lipinski definition) is 1. The topological polar surface area (TPSA) is 17.1 Å². The van der Waals surface area contributed by atoms with E-state index in [-0.39, 0.29) is 17.3 Å². The number of carbonyl (C=O) groups excluding carboxylic acids is 1. The lowest BCUT2D eigenvalue weighted by Gasteiger charge is -2.03. The zero-order valence-corrected chi connectivity index (χ0v) is 9.56. The fourth-order valence-electron chi connectivity index (χ4n) is 2.31. The molecule has 1 aliphatic rings. The number of Topliss-reactive ketones (excluding diaryl/α,β-unsaturated/α-hetero) is 1. The molecule has 1 rings (SSSR count). The van der Waals surface area contributed by atoms with Crippen molar-refractivity contribution in [2.45, 2.75) is 41.5 Å². The molecular weight excluding hydrogens is 160 g/mol. The lowest BCUT2D eigenvalue weighted by atomic mass is 9.99. The van der Waals surface area contributed by atoms with E-state index in [1.165, 1.54) is 11.1 Å². The molecule has 1 atom stereocenters. The first-order valence-corrected chi connectivity index (χ1v) is 5.01. The zero-order chi connectivity index (χ0) is 10.4. The number of carbonyl (C=O) groups is 1. The molecular formula is C12H20O. The van der Waals surface area contributed by atoms with Crippen LogP contribution in [0.5, 0.6) is 0 Å². The van der Waals surface area contributed by atoms with E-state index in [2.05, 4.69) is 27.7 Å². The summed E-state index contributed by atoms with van der Waals surface area (Å²) in [5, 5.41) is 0. The van der Waals surface area contributed by atoms with Crippen molar-refractivity contribution in [3.05, 3.63) is 11.1 Å². The van der Waals surface area contributed by atoms with Crippen molar-refractivity contribution in [2.75, 3.05) is 0 Å². The molecule has 0 radical (unpaired) electrons. The Hall–Kier alpha value is -0.590. The summed E-state index contributed by atoms with van der Waals surface area (Å²) in [4.78, 5) is 11.8. The van der Waals surface area contributed by atoms with Gasteiger partial charge in [0, 0.05) is 17.3 Å². The van der Waals surface area contributed by atoms with Gasteiger partial charge in [0.25, 0.3) is 0 Å². The van der Waals surface area contributed by atoms with Crippen LogP contribution in [0.25, 0.3) is 0 Å². The van der Waals surface area contributed by atoms with Crippen molar-refractivity contribution in [1.82, 2.24) is 0 Å². The summed E-state index contributed by atoms with van der Waals surface area (Å²) in [5.74, 6) is 0.778. The van der Waals surface area contributed by atoms with Crippen molar-refractivity contribution < 1.29 is 4.79 Å². The summed E-state index contributed by atoms with van der Waals surface area (Å²) in [6, 6.07) is 0. The Labute approximate surface area is 81.2 Å². The standard InChI is InChI=1S/C12H20O/c1-7(2)9-10(12(9,5)6)11(13)8(3)4/h8,10H,1-6H3. The van der Waals surface area contributed by atoms with Crippen LogP contribution in [-0.2, 0) is 4.79 Å². The van der Waals surface area contributed by atoms with E-state index in [0.29, 0.717) is 5.78 Å². The Morgan fingerprint density at radius 3 is 2.00 bits per heavy atom. The van der Waals surface area contributed by atoms with Crippen LogP contribution in [0, 0.1) is 17.3 Å². The average Bonchev–Trinajstić information content (AvgIpc) is 2.51. The van der Waals surface area contributed by atoms with Crippen LogP contribution < -0.4 is 0 Å². The first kappa shape index (κ1) is 10.5. The van der Waals surface area contributed by atoms with E-state index < -0.39 is 0 Å². The van der Waals surface area contributed by atoms with Crippen LogP contribution in [-0.4, -0.2) is 5.78 Å². The normalized spacial score (nSPS) is 24.8. The van der Waals surface area contributed by atoms with Gasteiger partial charge in [-0.1, -0.05) is 38.8 Å². The maximum atomic E-state index is 11.8. The molecule has 1 fully saturated rings. The third-order valence-electron chi connectivity index (χ3n) is 3.01. The molecule has 13 heavy (non-hydrogen) atoms. The Balaban J connectivity index is 2.90. The van der Waals surface area contributed by atoms with Gasteiger partial charge >= 0.3 is 0 Å². The van der Waals surface area contributed by atoms with Crippen LogP contribution in [0.2, 0.25) is 0 Å². The summed E-state index contributed by atoms with van der Waals surface area (Å²) < 4.78 is 0. The first-order valence-electron chi connectivity index (χ1n) is 5.01. The molecule has 0 aromatic rings. The minimum absolute atomic E-state index is 0.139. The summed E-state index contributed by atoms with van der Waals surface area (Å²) in [7, 11) is 0. The van der Waals surface area contributed by atoms with Crippen molar-refractivity contribution in [2.24, 2.45) is 17.3 Å². The second kappa shape index (κ2) is 2.97. The first-order chi connectivity index (χ1) is 5.80. The molecule has 0 aromatic heterocycles. The largest absolute Gasteiger partial charge is 0.299 e. The Kier molecular flexibility index (Phi) is 2.40. The minimum Gasteiger partial charge on any atom is -0.299 e. The van der Waals surface area contributed by atoms with Gasteiger partial charge < -0.3 is 0 Å². The lowest BCUT2D eigenvalue weighted by Crippen LogP contribution is -2.12. The fourth-order valence-corrected chi connectivity index (χ4v) is 2.31. The molecule has 1 saturated carbocycles. The highest BCUT2D eigenvalue weighted by Crippen LogP contribution is 2.60. The smallest absolute Gasteiger partial charge is 0.143 e. The second-order valence-corrected chi connectivity index (χ2v) is 5.13. The highest BCUT2D eigenvalue weighted by Gasteiger charge is 2.56. The third kappa shape index (κ3) is 1.56. The molecule has 0 aliphatic heterocycles. The van der Waals surface area contributed by atoms with Crippen LogP contribution in [0.3, 0.4) is 0 Å². The van der Waals surface area contributed by atoms with Gasteiger partial charge in [-0.05, 0) is 13.8 Å². The monoisotopic (exact) mass is 180 g/mol. The maximum absolute atomic E-state index is 11.8. The summed E-state index contributed by atoms with van der Waals surface area (Å²) in [6.07, 6.45) is 0. The molecule has 1 aliphatic carbocycles. The Morgan fingerprint density at radius 1 is 1.31 bits per heavy atom. The number of rotatable bonds is 2. The summed E-state index contributed by atoms with van der Waals surface area (Å²) >= 11 is 0. The molecule has 0 aromatic carbocycles. The van der Waals surface area contributed by atoms with Gasteiger partial charge in [0.05, 0.1) is 0 Å². The number of ketones is 1. The van der Waals surface area contributed by atoms with Crippen molar-refractivity contribution in [1.29, 1.82) is 0 Å². The highest BCUT2D eigenvalue weighted by molar-refractivity contribution is 5.91. The van der Waals surface area contributed by atoms with Crippen molar-refractivity contribution in [3.63, 3.8) is 0 Å². The molecule has 74 valence electrons.